The summed E-state index contributed by atoms with van der Waals surface area (Å²) in [6.07, 6.45) is 14.4. The Morgan fingerprint density at radius 2 is 1.05 bits per heavy atom. The van der Waals surface area contributed by atoms with Crippen molar-refractivity contribution in [3.05, 3.63) is 0 Å². The van der Waals surface area contributed by atoms with E-state index in [1.54, 1.807) is 0 Å². The Balaban J connectivity index is 0. The second-order valence-corrected chi connectivity index (χ2v) is 5.28. The lowest BCUT2D eigenvalue weighted by Gasteiger charge is -2.01. The van der Waals surface area contributed by atoms with Crippen LogP contribution >= 0.6 is 0 Å². The molecular formula is C16H33NO4. The lowest BCUT2D eigenvalue weighted by atomic mass is 10.1. The second-order valence-electron chi connectivity index (χ2n) is 5.28. The third-order valence-electron chi connectivity index (χ3n) is 3.17. The van der Waals surface area contributed by atoms with Crippen LogP contribution < -0.4 is 5.73 Å². The highest BCUT2D eigenvalue weighted by atomic mass is 16.4. The number of unbranched alkanes of at least 4 members (excludes halogenated alkanes) is 10. The molecule has 0 aromatic carbocycles. The lowest BCUT2D eigenvalue weighted by Crippen LogP contribution is -2.10. The van der Waals surface area contributed by atoms with Crippen molar-refractivity contribution in [2.24, 2.45) is 5.73 Å². The van der Waals surface area contributed by atoms with Crippen molar-refractivity contribution in [3.8, 4) is 0 Å². The molecule has 0 aliphatic heterocycles. The van der Waals surface area contributed by atoms with Gasteiger partial charge in [0.05, 0.1) is 6.54 Å². The average Bonchev–Trinajstić information content (AvgIpc) is 2.45. The van der Waals surface area contributed by atoms with Gasteiger partial charge in [0.2, 0.25) is 0 Å². The summed E-state index contributed by atoms with van der Waals surface area (Å²) in [5.74, 6) is -1.62. The molecule has 0 saturated heterocycles. The van der Waals surface area contributed by atoms with Gasteiger partial charge in [-0.3, -0.25) is 9.59 Å². The van der Waals surface area contributed by atoms with Gasteiger partial charge in [-0.2, -0.15) is 0 Å². The highest BCUT2D eigenvalue weighted by molar-refractivity contribution is 5.68. The number of carbonyl (C=O) groups is 2. The van der Waals surface area contributed by atoms with Crippen molar-refractivity contribution < 1.29 is 19.8 Å². The quantitative estimate of drug-likeness (QED) is 0.449. The van der Waals surface area contributed by atoms with E-state index in [-0.39, 0.29) is 6.54 Å². The first kappa shape index (κ1) is 22.2. The van der Waals surface area contributed by atoms with Crippen LogP contribution in [0.4, 0.5) is 0 Å². The highest BCUT2D eigenvalue weighted by Crippen LogP contribution is 2.11. The molecule has 0 spiro atoms. The maximum atomic E-state index is 10.3. The summed E-state index contributed by atoms with van der Waals surface area (Å²) in [5.41, 5.74) is 4.57. The van der Waals surface area contributed by atoms with Crippen molar-refractivity contribution in [3.63, 3.8) is 0 Å². The van der Waals surface area contributed by atoms with Crippen LogP contribution in [0.5, 0.6) is 0 Å². The average molecular weight is 303 g/mol. The first-order valence-electron chi connectivity index (χ1n) is 8.18. The smallest absolute Gasteiger partial charge is 0.317 e. The van der Waals surface area contributed by atoms with E-state index in [0.717, 1.165) is 12.8 Å². The van der Waals surface area contributed by atoms with Gasteiger partial charge >= 0.3 is 11.9 Å². The molecule has 0 heterocycles. The van der Waals surface area contributed by atoms with E-state index in [4.69, 9.17) is 10.2 Å². The molecule has 0 radical (unpaired) electrons. The van der Waals surface area contributed by atoms with Gasteiger partial charge < -0.3 is 15.9 Å². The molecular weight excluding hydrogens is 270 g/mol. The monoisotopic (exact) mass is 303 g/mol. The minimum atomic E-state index is -0.968. The molecule has 0 amide bonds. The molecule has 0 aromatic rings. The Hall–Kier alpha value is -1.10. The fraction of sp³-hybridized carbons (Fsp3) is 0.875. The Morgan fingerprint density at radius 3 is 1.33 bits per heavy atom. The van der Waals surface area contributed by atoms with E-state index >= 15 is 0 Å². The normalized spacial score (nSPS) is 9.81. The molecule has 0 rings (SSSR count). The van der Waals surface area contributed by atoms with Gasteiger partial charge in [-0.1, -0.05) is 71.1 Å². The van der Waals surface area contributed by atoms with Gasteiger partial charge in [0, 0.05) is 6.42 Å². The Kier molecular flexibility index (Phi) is 20.0. The van der Waals surface area contributed by atoms with E-state index in [0.29, 0.717) is 6.42 Å². The van der Waals surface area contributed by atoms with Crippen LogP contribution in [0.3, 0.4) is 0 Å². The van der Waals surface area contributed by atoms with Gasteiger partial charge in [0.1, 0.15) is 0 Å². The molecule has 4 N–H and O–H groups in total. The van der Waals surface area contributed by atoms with E-state index in [1.807, 2.05) is 0 Å². The Labute approximate surface area is 128 Å². The highest BCUT2D eigenvalue weighted by Gasteiger charge is 1.96. The first-order valence-corrected chi connectivity index (χ1v) is 8.18. The number of aliphatic carboxylic acids is 2. The van der Waals surface area contributed by atoms with Crippen LogP contribution in [-0.2, 0) is 9.59 Å². The van der Waals surface area contributed by atoms with Crippen molar-refractivity contribution >= 4 is 11.9 Å². The number of rotatable bonds is 13. The van der Waals surface area contributed by atoms with Crippen LogP contribution in [0.1, 0.15) is 84.0 Å². The lowest BCUT2D eigenvalue weighted by molar-refractivity contribution is -0.137. The van der Waals surface area contributed by atoms with Crippen LogP contribution in [0.15, 0.2) is 0 Å². The zero-order chi connectivity index (χ0) is 16.3. The topological polar surface area (TPSA) is 101 Å². The zero-order valence-corrected chi connectivity index (χ0v) is 13.5. The molecule has 0 atom stereocenters. The zero-order valence-electron chi connectivity index (χ0n) is 13.5. The van der Waals surface area contributed by atoms with E-state index in [1.165, 1.54) is 57.8 Å². The predicted octanol–water partition coefficient (Wildman–Crippen LogP) is 3.80. The fourth-order valence-corrected chi connectivity index (χ4v) is 1.94. The molecule has 21 heavy (non-hydrogen) atoms. The molecule has 0 aliphatic rings. The molecule has 0 bridgehead atoms. The van der Waals surface area contributed by atoms with Crippen molar-refractivity contribution in [2.45, 2.75) is 84.0 Å². The number of hydrogen-bond donors (Lipinski definition) is 3. The van der Waals surface area contributed by atoms with Gasteiger partial charge in [0.25, 0.3) is 0 Å². The number of carboxylic acid groups (broad SMARTS) is 2. The third-order valence-corrected chi connectivity index (χ3v) is 3.17. The number of carboxylic acids is 2. The largest absolute Gasteiger partial charge is 0.481 e. The molecule has 5 heteroatoms. The minimum Gasteiger partial charge on any atom is -0.481 e. The van der Waals surface area contributed by atoms with Gasteiger partial charge in [-0.15, -0.1) is 0 Å². The van der Waals surface area contributed by atoms with Crippen molar-refractivity contribution in [1.29, 1.82) is 0 Å². The van der Waals surface area contributed by atoms with Crippen LogP contribution in [-0.4, -0.2) is 28.7 Å². The standard InChI is InChI=1S/C14H28O2.C2H5NO2/c1-2-3-4-5-6-7-8-9-10-11-12-13-14(15)16;3-1-2(4)5/h2-13H2,1H3,(H,15,16);1,3H2,(H,4,5). The third kappa shape index (κ3) is 27.9. The van der Waals surface area contributed by atoms with Gasteiger partial charge in [0.15, 0.2) is 0 Å². The number of nitrogens with two attached hydrogens (primary N) is 1. The maximum Gasteiger partial charge on any atom is 0.317 e. The van der Waals surface area contributed by atoms with E-state index < -0.39 is 11.9 Å². The number of hydrogen-bond acceptors (Lipinski definition) is 3. The maximum absolute atomic E-state index is 10.3. The first-order chi connectivity index (χ1) is 10.0. The second kappa shape index (κ2) is 18.9. The molecule has 0 saturated carbocycles. The van der Waals surface area contributed by atoms with E-state index in [9.17, 15) is 9.59 Å². The van der Waals surface area contributed by atoms with Gasteiger partial charge in [-0.05, 0) is 6.42 Å². The Bertz CT molecular complexity index is 244. The van der Waals surface area contributed by atoms with Crippen molar-refractivity contribution in [1.82, 2.24) is 0 Å². The summed E-state index contributed by atoms with van der Waals surface area (Å²) >= 11 is 0. The molecule has 0 aromatic heterocycles. The molecule has 0 aliphatic carbocycles. The molecule has 126 valence electrons. The minimum absolute atomic E-state index is 0.278. The molecule has 0 fully saturated rings. The Morgan fingerprint density at radius 1 is 0.714 bits per heavy atom. The summed E-state index contributed by atoms with van der Waals surface area (Å²) in [7, 11) is 0. The molecule has 0 unspecified atom stereocenters. The summed E-state index contributed by atoms with van der Waals surface area (Å²) in [4.78, 5) is 19.5. The van der Waals surface area contributed by atoms with Crippen LogP contribution in [0.25, 0.3) is 0 Å². The van der Waals surface area contributed by atoms with Crippen LogP contribution in [0, 0.1) is 0 Å². The SMILES string of the molecule is CCCCCCCCCCCCCC(=O)O.NCC(=O)O. The van der Waals surface area contributed by atoms with Gasteiger partial charge in [-0.25, -0.2) is 0 Å². The van der Waals surface area contributed by atoms with Crippen molar-refractivity contribution in [2.75, 3.05) is 6.54 Å². The summed E-state index contributed by atoms with van der Waals surface area (Å²) < 4.78 is 0. The summed E-state index contributed by atoms with van der Waals surface area (Å²) in [6, 6.07) is 0. The van der Waals surface area contributed by atoms with E-state index in [2.05, 4.69) is 12.7 Å². The van der Waals surface area contributed by atoms with Crippen LogP contribution in [0.2, 0.25) is 0 Å². The summed E-state index contributed by atoms with van der Waals surface area (Å²) in [6.45, 7) is 1.97. The fourth-order valence-electron chi connectivity index (χ4n) is 1.94. The predicted molar refractivity (Wildman–Crippen MR) is 85.4 cm³/mol. The summed E-state index contributed by atoms with van der Waals surface area (Å²) in [5, 5.41) is 16.1. The molecule has 5 nitrogen and oxygen atoms in total.